The Morgan fingerprint density at radius 3 is 0.941 bits per heavy atom. The van der Waals surface area contributed by atoms with Gasteiger partial charge >= 0.3 is 23.9 Å². The summed E-state index contributed by atoms with van der Waals surface area (Å²) in [5.74, 6) is -1.25. The monoisotopic (exact) mass is 488 g/mol. The van der Waals surface area contributed by atoms with Crippen LogP contribution in [-0.4, -0.2) is 101 Å². The van der Waals surface area contributed by atoms with Crippen LogP contribution >= 0.6 is 0 Å². The summed E-state index contributed by atoms with van der Waals surface area (Å²) in [7, 11) is 0. The van der Waals surface area contributed by atoms with Gasteiger partial charge in [0.05, 0.1) is 39.3 Å². The molecule has 34 heavy (non-hydrogen) atoms. The van der Waals surface area contributed by atoms with Crippen LogP contribution < -0.4 is 0 Å². The summed E-state index contributed by atoms with van der Waals surface area (Å²) in [6, 6.07) is 0. The Bertz CT molecular complexity index is 621. The van der Waals surface area contributed by atoms with E-state index in [4.69, 9.17) is 37.9 Å². The third kappa shape index (κ3) is 14.1. The number of esters is 4. The highest BCUT2D eigenvalue weighted by molar-refractivity contribution is 5.77. The van der Waals surface area contributed by atoms with Crippen LogP contribution in [0.5, 0.6) is 0 Å². The fourth-order valence-corrected chi connectivity index (χ4v) is 2.43. The number of carbonyl (C=O) groups excluding carboxylic acids is 4. The molecule has 4 aliphatic rings. The molecule has 12 nitrogen and oxygen atoms in total. The molecule has 0 N–H and O–H groups in total. The van der Waals surface area contributed by atoms with Gasteiger partial charge in [0.1, 0.15) is 50.8 Å². The molecule has 0 spiro atoms. The van der Waals surface area contributed by atoms with Gasteiger partial charge in [-0.2, -0.15) is 0 Å². The second-order valence-electron chi connectivity index (χ2n) is 8.26. The second kappa shape index (κ2) is 14.2. The quantitative estimate of drug-likeness (QED) is 0.125. The van der Waals surface area contributed by atoms with E-state index in [0.29, 0.717) is 65.3 Å². The van der Waals surface area contributed by atoms with Crippen molar-refractivity contribution in [1.82, 2.24) is 0 Å². The highest BCUT2D eigenvalue weighted by Crippen LogP contribution is 2.12. The maximum atomic E-state index is 11.2. The predicted octanol–water partition coefficient (Wildman–Crippen LogP) is 0.0814. The molecule has 0 aromatic rings. The van der Waals surface area contributed by atoms with Gasteiger partial charge in [0.15, 0.2) is 0 Å². The fourth-order valence-electron chi connectivity index (χ4n) is 2.43. The van der Waals surface area contributed by atoms with E-state index in [1.807, 2.05) is 0 Å². The van der Waals surface area contributed by atoms with Crippen LogP contribution in [0.25, 0.3) is 0 Å². The van der Waals surface area contributed by atoms with Crippen LogP contribution in [0, 0.1) is 0 Å². The lowest BCUT2D eigenvalue weighted by Gasteiger charge is -2.03. The van der Waals surface area contributed by atoms with Crippen molar-refractivity contribution in [2.45, 2.75) is 62.9 Å². The Hall–Kier alpha value is -2.28. The number of hydrogen-bond donors (Lipinski definition) is 0. The van der Waals surface area contributed by atoms with Gasteiger partial charge in [-0.15, -0.1) is 0 Å². The summed E-state index contributed by atoms with van der Waals surface area (Å²) in [4.78, 5) is 44.7. The van der Waals surface area contributed by atoms with E-state index in [1.165, 1.54) is 0 Å². The first-order valence-corrected chi connectivity index (χ1v) is 11.6. The van der Waals surface area contributed by atoms with Gasteiger partial charge in [-0.3, -0.25) is 19.2 Å². The second-order valence-corrected chi connectivity index (χ2v) is 8.26. The first kappa shape index (κ1) is 26.3. The fraction of sp³-hybridized carbons (Fsp3) is 0.818. The van der Waals surface area contributed by atoms with Crippen molar-refractivity contribution >= 4 is 23.9 Å². The van der Waals surface area contributed by atoms with Crippen LogP contribution in [-0.2, 0) is 57.1 Å². The molecule has 12 heteroatoms. The number of rotatable bonds is 16. The van der Waals surface area contributed by atoms with E-state index in [1.54, 1.807) is 0 Å². The Kier molecular flexibility index (Phi) is 11.0. The number of hydrogen-bond acceptors (Lipinski definition) is 12. The van der Waals surface area contributed by atoms with Crippen molar-refractivity contribution in [2.24, 2.45) is 0 Å². The highest BCUT2D eigenvalue weighted by atomic mass is 16.6. The van der Waals surface area contributed by atoms with Crippen LogP contribution in [0.2, 0.25) is 0 Å². The van der Waals surface area contributed by atoms with Crippen LogP contribution in [0.3, 0.4) is 0 Å². The Labute approximate surface area is 197 Å². The maximum Gasteiger partial charge on any atom is 0.306 e. The molecule has 0 aliphatic carbocycles. The van der Waals surface area contributed by atoms with Crippen LogP contribution in [0.1, 0.15) is 38.5 Å². The maximum absolute atomic E-state index is 11.2. The molecule has 0 amide bonds. The SMILES string of the molecule is O=C(CCC(=O)OCC1CO1)OCC1CO1.O=C(CCCCC(=O)OCC1CO1)OCC1CO1. The zero-order valence-corrected chi connectivity index (χ0v) is 19.1. The van der Waals surface area contributed by atoms with E-state index < -0.39 is 11.9 Å². The smallest absolute Gasteiger partial charge is 0.306 e. The third-order valence-corrected chi connectivity index (χ3v) is 4.88. The molecule has 0 bridgehead atoms. The first-order valence-electron chi connectivity index (χ1n) is 11.6. The van der Waals surface area contributed by atoms with Crippen molar-refractivity contribution < 1.29 is 57.1 Å². The van der Waals surface area contributed by atoms with E-state index in [2.05, 4.69) is 0 Å². The highest BCUT2D eigenvalue weighted by Gasteiger charge is 2.26. The van der Waals surface area contributed by atoms with E-state index >= 15 is 0 Å². The average molecular weight is 488 g/mol. The molecule has 4 fully saturated rings. The normalized spacial score (nSPS) is 25.2. The van der Waals surface area contributed by atoms with Crippen LogP contribution in [0.15, 0.2) is 0 Å². The van der Waals surface area contributed by atoms with Crippen LogP contribution in [0.4, 0.5) is 0 Å². The molecule has 4 rings (SSSR count). The summed E-state index contributed by atoms with van der Waals surface area (Å²) >= 11 is 0. The molecule has 4 aliphatic heterocycles. The van der Waals surface area contributed by atoms with E-state index in [9.17, 15) is 19.2 Å². The zero-order chi connectivity index (χ0) is 24.2. The average Bonchev–Trinajstić information content (AvgIpc) is 3.67. The summed E-state index contributed by atoms with van der Waals surface area (Å²) in [5, 5.41) is 0. The zero-order valence-electron chi connectivity index (χ0n) is 19.1. The Morgan fingerprint density at radius 2 is 0.706 bits per heavy atom. The molecule has 4 saturated heterocycles. The minimum atomic E-state index is -0.393. The number of unbranched alkanes of at least 4 members (excludes halogenated alkanes) is 1. The van der Waals surface area contributed by atoms with Crippen molar-refractivity contribution in [3.63, 3.8) is 0 Å². The molecule has 4 heterocycles. The van der Waals surface area contributed by atoms with Gasteiger partial charge in [0.2, 0.25) is 0 Å². The summed E-state index contributed by atoms with van der Waals surface area (Å²) in [6.45, 7) is 3.93. The topological polar surface area (TPSA) is 155 Å². The summed E-state index contributed by atoms with van der Waals surface area (Å²) < 4.78 is 39.2. The van der Waals surface area contributed by atoms with E-state index in [0.717, 1.165) is 0 Å². The third-order valence-electron chi connectivity index (χ3n) is 4.88. The number of ether oxygens (including phenoxy) is 8. The number of epoxide rings is 4. The summed E-state index contributed by atoms with van der Waals surface area (Å²) in [5.41, 5.74) is 0. The predicted molar refractivity (Wildman–Crippen MR) is 110 cm³/mol. The van der Waals surface area contributed by atoms with Crippen molar-refractivity contribution in [1.29, 1.82) is 0 Å². The van der Waals surface area contributed by atoms with Gasteiger partial charge in [-0.05, 0) is 12.8 Å². The number of carbonyl (C=O) groups is 4. The van der Waals surface area contributed by atoms with Crippen molar-refractivity contribution in [3.05, 3.63) is 0 Å². The molecule has 4 atom stereocenters. The minimum Gasteiger partial charge on any atom is -0.463 e. The van der Waals surface area contributed by atoms with Gasteiger partial charge in [0.25, 0.3) is 0 Å². The van der Waals surface area contributed by atoms with Gasteiger partial charge in [-0.25, -0.2) is 0 Å². The minimum absolute atomic E-state index is 0.0527. The molecular formula is C22H32O12. The van der Waals surface area contributed by atoms with Crippen molar-refractivity contribution in [3.8, 4) is 0 Å². The molecule has 0 aromatic heterocycles. The molecule has 0 saturated carbocycles. The Balaban J connectivity index is 0.000000192. The lowest BCUT2D eigenvalue weighted by atomic mass is 10.2. The largest absolute Gasteiger partial charge is 0.463 e. The lowest BCUT2D eigenvalue weighted by Crippen LogP contribution is -2.14. The first-order chi connectivity index (χ1) is 16.5. The lowest BCUT2D eigenvalue weighted by molar-refractivity contribution is -0.150. The standard InChI is InChI=1S/C12H18O6.C10H14O6/c13-11(17-7-9-5-15-9)3-1-2-4-12(14)18-8-10-6-16-10;11-9(15-5-7-3-13-7)1-2-10(12)16-6-8-4-14-8/h9-10H,1-8H2;7-8H,1-6H2. The van der Waals surface area contributed by atoms with Gasteiger partial charge < -0.3 is 37.9 Å². The Morgan fingerprint density at radius 1 is 0.471 bits per heavy atom. The molecule has 0 aromatic carbocycles. The molecule has 0 radical (unpaired) electrons. The molecule has 4 unspecified atom stereocenters. The molecule has 192 valence electrons. The summed E-state index contributed by atoms with van der Waals surface area (Å²) in [6.07, 6.45) is 2.39. The van der Waals surface area contributed by atoms with E-state index in [-0.39, 0.29) is 62.4 Å². The van der Waals surface area contributed by atoms with Gasteiger partial charge in [0, 0.05) is 12.8 Å². The molecular weight excluding hydrogens is 456 g/mol. The van der Waals surface area contributed by atoms with Crippen molar-refractivity contribution in [2.75, 3.05) is 52.9 Å². The van der Waals surface area contributed by atoms with Gasteiger partial charge in [-0.1, -0.05) is 0 Å².